The van der Waals surface area contributed by atoms with Gasteiger partial charge in [-0.15, -0.1) is 0 Å². The van der Waals surface area contributed by atoms with Gasteiger partial charge in [-0.2, -0.15) is 0 Å². The zero-order valence-electron chi connectivity index (χ0n) is 36.4. The van der Waals surface area contributed by atoms with Crippen molar-refractivity contribution < 1.29 is 28.7 Å². The van der Waals surface area contributed by atoms with Crippen molar-refractivity contribution >= 4 is 31.6 Å². The van der Waals surface area contributed by atoms with E-state index < -0.39 is 24.3 Å². The number of carbonyl (C=O) groups excluding carboxylic acids is 4. The van der Waals surface area contributed by atoms with Crippen molar-refractivity contribution in [3.8, 4) is 0 Å². The number of Topliss-reactive ketones (excluding diaryl/α,β-unsaturated/α-hetero) is 1. The molecule has 1 saturated heterocycles. The minimum Gasteiger partial charge on any atom is -0.466 e. The molecule has 1 aromatic carbocycles. The minimum atomic E-state index is -1.34. The monoisotopic (exact) mass is 786 g/mol. The van der Waals surface area contributed by atoms with Crippen LogP contribution in [0.15, 0.2) is 42.0 Å². The number of benzene rings is 1. The Morgan fingerprint density at radius 1 is 0.839 bits per heavy atom. The number of esters is 2. The average Bonchev–Trinajstić information content (AvgIpc) is 3.62. The highest BCUT2D eigenvalue weighted by Gasteiger charge is 2.72. The second kappa shape index (κ2) is 14.3. The van der Waals surface area contributed by atoms with Crippen LogP contribution in [0.5, 0.6) is 0 Å². The zero-order valence-corrected chi connectivity index (χ0v) is 37.4. The van der Waals surface area contributed by atoms with Crippen LogP contribution in [-0.4, -0.2) is 62.2 Å². The topological polar surface area (TPSA) is 90.0 Å². The van der Waals surface area contributed by atoms with Crippen molar-refractivity contribution in [2.45, 2.75) is 151 Å². The van der Waals surface area contributed by atoms with E-state index in [1.165, 1.54) is 5.57 Å². The molecule has 1 heterocycles. The molecule has 0 spiro atoms. The summed E-state index contributed by atoms with van der Waals surface area (Å²) in [6, 6.07) is 10.8. The van der Waals surface area contributed by atoms with E-state index >= 15 is 4.79 Å². The molecule has 0 amide bonds. The standard InChI is InChI=1S/C48H71NO6Si/c1-32(50)34-18-25-49(30-34)39-17-19-45(4)38(48(39,7)42(53)55-31-33-14-12-11-13-15-33)16-20-47(6)40(45)37(51)28-35-36-29-44(3,41(52)54-26-27-56(8,9)10)22-21-43(36,2)23-24-46(35,47)5/h11-15,28,34,36,38-40H,16-27,29-31H2,1-10H3/t34-,36+,38-,39+,40-,43-,44+,45+,46-,47-,48+/m1/s1. The van der Waals surface area contributed by atoms with Gasteiger partial charge in [-0.1, -0.05) is 83.2 Å². The van der Waals surface area contributed by atoms with Crippen molar-refractivity contribution in [2.75, 3.05) is 19.7 Å². The first-order valence-electron chi connectivity index (χ1n) is 22.0. The summed E-state index contributed by atoms with van der Waals surface area (Å²) in [6.45, 7) is 24.7. The first-order valence-corrected chi connectivity index (χ1v) is 25.7. The van der Waals surface area contributed by atoms with E-state index in [1.807, 2.05) is 30.3 Å². The SMILES string of the molecule is CC(=O)[C@@H]1CCN([C@H]2CC[C@@]3(C)[C@@H](CC[C@]4(C)[C@@H]3C(=O)C=C3[C@@H]5C[C@@](C)(C(=O)OCC[Si](C)(C)C)CC[C@]5(C)CC[C@]34C)[C@]2(C)C(=O)OCc2ccccc2)C1. The molecule has 308 valence electrons. The average molecular weight is 786 g/mol. The second-order valence-electron chi connectivity index (χ2n) is 22.2. The van der Waals surface area contributed by atoms with E-state index in [4.69, 9.17) is 9.47 Å². The van der Waals surface area contributed by atoms with Gasteiger partial charge in [0.05, 0.1) is 17.4 Å². The fourth-order valence-electron chi connectivity index (χ4n) is 13.8. The maximum atomic E-state index is 15.2. The van der Waals surface area contributed by atoms with Crippen LogP contribution in [0.3, 0.4) is 0 Å². The van der Waals surface area contributed by atoms with Crippen LogP contribution in [0.2, 0.25) is 25.7 Å². The van der Waals surface area contributed by atoms with Gasteiger partial charge in [0.25, 0.3) is 0 Å². The molecule has 0 N–H and O–H groups in total. The Morgan fingerprint density at radius 3 is 2.20 bits per heavy atom. The van der Waals surface area contributed by atoms with E-state index in [-0.39, 0.29) is 76.1 Å². The summed E-state index contributed by atoms with van der Waals surface area (Å²) < 4.78 is 12.3. The summed E-state index contributed by atoms with van der Waals surface area (Å²) in [6.07, 6.45) is 10.9. The van der Waals surface area contributed by atoms with E-state index in [0.29, 0.717) is 13.2 Å². The van der Waals surface area contributed by atoms with Gasteiger partial charge in [-0.05, 0) is 143 Å². The molecule has 5 aliphatic carbocycles. The molecule has 4 saturated carbocycles. The smallest absolute Gasteiger partial charge is 0.314 e. The molecular weight excluding hydrogens is 715 g/mol. The summed E-state index contributed by atoms with van der Waals surface area (Å²) in [5.74, 6) is 0.0805. The Bertz CT molecular complexity index is 1770. The predicted octanol–water partition coefficient (Wildman–Crippen LogP) is 9.85. The molecule has 1 aliphatic heterocycles. The van der Waals surface area contributed by atoms with Gasteiger partial charge in [-0.3, -0.25) is 24.1 Å². The van der Waals surface area contributed by atoms with E-state index in [1.54, 1.807) is 6.92 Å². The largest absolute Gasteiger partial charge is 0.466 e. The summed E-state index contributed by atoms with van der Waals surface area (Å²) in [5, 5.41) is 0. The molecule has 0 bridgehead atoms. The Kier molecular flexibility index (Phi) is 10.6. The fourth-order valence-corrected chi connectivity index (χ4v) is 14.5. The summed E-state index contributed by atoms with van der Waals surface area (Å²) in [7, 11) is -1.34. The molecule has 7 nitrogen and oxygen atoms in total. The molecule has 8 heteroatoms. The van der Waals surface area contributed by atoms with Crippen LogP contribution in [0.1, 0.15) is 118 Å². The molecule has 0 aromatic heterocycles. The second-order valence-corrected chi connectivity index (χ2v) is 27.8. The number of nitrogens with zero attached hydrogens (tertiary/aromatic N) is 1. The molecule has 1 aromatic rings. The molecule has 0 radical (unpaired) electrons. The Balaban J connectivity index is 1.22. The number of allylic oxidation sites excluding steroid dienone is 2. The molecule has 0 unspecified atom stereocenters. The summed E-state index contributed by atoms with van der Waals surface area (Å²) in [5.41, 5.74) is -0.0189. The normalized spacial score (nSPS) is 42.4. The highest BCUT2D eigenvalue weighted by Crippen LogP contribution is 2.75. The number of rotatable bonds is 9. The van der Waals surface area contributed by atoms with Crippen molar-refractivity contribution in [3.63, 3.8) is 0 Å². The van der Waals surface area contributed by atoms with Crippen LogP contribution < -0.4 is 0 Å². The Labute approximate surface area is 338 Å². The molecule has 6 aliphatic rings. The van der Waals surface area contributed by atoms with Crippen LogP contribution in [0.4, 0.5) is 0 Å². The zero-order chi connectivity index (χ0) is 40.7. The van der Waals surface area contributed by atoms with E-state index in [0.717, 1.165) is 82.4 Å². The lowest BCUT2D eigenvalue weighted by Crippen LogP contribution is -2.69. The van der Waals surface area contributed by atoms with E-state index in [9.17, 15) is 14.4 Å². The van der Waals surface area contributed by atoms with Gasteiger partial charge < -0.3 is 9.47 Å². The lowest BCUT2D eigenvalue weighted by Gasteiger charge is -2.70. The van der Waals surface area contributed by atoms with Gasteiger partial charge in [-0.25, -0.2) is 0 Å². The number of fused-ring (bicyclic) bond motifs is 7. The van der Waals surface area contributed by atoms with Crippen molar-refractivity contribution in [1.82, 2.24) is 4.90 Å². The van der Waals surface area contributed by atoms with Gasteiger partial charge in [0.1, 0.15) is 12.4 Å². The molecule has 56 heavy (non-hydrogen) atoms. The fraction of sp³-hybridized carbons (Fsp3) is 0.750. The van der Waals surface area contributed by atoms with Crippen molar-refractivity contribution in [2.24, 2.45) is 56.2 Å². The molecular formula is C48H71NO6Si. The van der Waals surface area contributed by atoms with Crippen LogP contribution in [0, 0.1) is 56.2 Å². The minimum absolute atomic E-state index is 0.00313. The predicted molar refractivity (Wildman–Crippen MR) is 223 cm³/mol. The van der Waals surface area contributed by atoms with Gasteiger partial charge in [0.2, 0.25) is 0 Å². The highest BCUT2D eigenvalue weighted by molar-refractivity contribution is 6.76. The molecule has 7 rings (SSSR count). The van der Waals surface area contributed by atoms with Gasteiger partial charge >= 0.3 is 11.9 Å². The van der Waals surface area contributed by atoms with Crippen molar-refractivity contribution in [3.05, 3.63) is 47.5 Å². The van der Waals surface area contributed by atoms with Gasteiger partial charge in [0.15, 0.2) is 5.78 Å². The highest BCUT2D eigenvalue weighted by atomic mass is 28.3. The van der Waals surface area contributed by atoms with Crippen molar-refractivity contribution in [1.29, 1.82) is 0 Å². The number of carbonyl (C=O) groups is 4. The first kappa shape index (κ1) is 41.6. The number of ketones is 2. The number of hydrogen-bond donors (Lipinski definition) is 0. The molecule has 5 fully saturated rings. The maximum Gasteiger partial charge on any atom is 0.314 e. The van der Waals surface area contributed by atoms with Crippen LogP contribution in [-0.2, 0) is 35.3 Å². The third-order valence-electron chi connectivity index (χ3n) is 17.7. The number of hydrogen-bond acceptors (Lipinski definition) is 7. The number of likely N-dealkylation sites (tertiary alicyclic amines) is 1. The third-order valence-corrected chi connectivity index (χ3v) is 19.4. The lowest BCUT2D eigenvalue weighted by molar-refractivity contribution is -0.211. The van der Waals surface area contributed by atoms with Crippen LogP contribution >= 0.6 is 0 Å². The summed E-state index contributed by atoms with van der Waals surface area (Å²) in [4.78, 5) is 58.9. The Hall–Kier alpha value is -2.58. The van der Waals surface area contributed by atoms with Crippen LogP contribution in [0.25, 0.3) is 0 Å². The third kappa shape index (κ3) is 6.63. The lowest BCUT2D eigenvalue weighted by atomic mass is 9.33. The van der Waals surface area contributed by atoms with E-state index in [2.05, 4.69) is 72.2 Å². The Morgan fingerprint density at radius 2 is 1.54 bits per heavy atom. The molecule has 11 atom stereocenters. The first-order chi connectivity index (χ1) is 26.1. The van der Waals surface area contributed by atoms with Gasteiger partial charge in [0, 0.05) is 32.5 Å². The maximum absolute atomic E-state index is 15.2. The quantitative estimate of drug-likeness (QED) is 0.182. The summed E-state index contributed by atoms with van der Waals surface area (Å²) >= 11 is 0. The number of ether oxygens (including phenoxy) is 2.